The Morgan fingerprint density at radius 1 is 1.38 bits per heavy atom. The molecule has 3 rings (SSSR count). The first-order valence-corrected chi connectivity index (χ1v) is 10.2. The van der Waals surface area contributed by atoms with Gasteiger partial charge in [-0.05, 0) is 50.8 Å². The van der Waals surface area contributed by atoms with Crippen molar-refractivity contribution in [1.82, 2.24) is 26.1 Å². The number of hydrazine groups is 1. The summed E-state index contributed by atoms with van der Waals surface area (Å²) in [5.74, 6) is 0.393. The normalized spacial score (nSPS) is 28.0. The van der Waals surface area contributed by atoms with Crippen LogP contribution in [0.15, 0.2) is 16.9 Å². The third-order valence-corrected chi connectivity index (χ3v) is 6.79. The molecular formula is C18H29N5O2S. The van der Waals surface area contributed by atoms with E-state index in [-0.39, 0.29) is 23.0 Å². The van der Waals surface area contributed by atoms with E-state index >= 15 is 0 Å². The van der Waals surface area contributed by atoms with Crippen molar-refractivity contribution < 1.29 is 4.79 Å². The molecule has 1 saturated carbocycles. The van der Waals surface area contributed by atoms with Crippen LogP contribution in [0, 0.1) is 12.8 Å². The lowest BCUT2D eigenvalue weighted by Gasteiger charge is -2.34. The molecule has 1 amide bonds. The first-order valence-electron chi connectivity index (χ1n) is 9.28. The van der Waals surface area contributed by atoms with E-state index < -0.39 is 0 Å². The number of H-pyrrole nitrogens is 1. The lowest BCUT2D eigenvalue weighted by molar-refractivity contribution is 0.0914. The summed E-state index contributed by atoms with van der Waals surface area (Å²) in [4.78, 5) is 29.0. The van der Waals surface area contributed by atoms with E-state index in [9.17, 15) is 9.59 Å². The van der Waals surface area contributed by atoms with E-state index in [1.165, 1.54) is 12.5 Å². The molecule has 144 valence electrons. The lowest BCUT2D eigenvalue weighted by atomic mass is 9.84. The van der Waals surface area contributed by atoms with Crippen molar-refractivity contribution in [2.24, 2.45) is 5.92 Å². The van der Waals surface area contributed by atoms with E-state index in [1.54, 1.807) is 6.07 Å². The number of nitrogens with zero attached hydrogens (tertiary/aromatic N) is 1. The maximum atomic E-state index is 12.5. The van der Waals surface area contributed by atoms with Gasteiger partial charge in [-0.15, -0.1) is 11.8 Å². The number of hydrogen-bond donors (Lipinski definition) is 4. The number of rotatable bonds is 5. The second-order valence-corrected chi connectivity index (χ2v) is 8.92. The molecule has 0 aromatic carbocycles. The molecule has 2 heterocycles. The van der Waals surface area contributed by atoms with Crippen molar-refractivity contribution in [3.05, 3.63) is 33.7 Å². The van der Waals surface area contributed by atoms with Crippen LogP contribution >= 0.6 is 11.8 Å². The van der Waals surface area contributed by atoms with Gasteiger partial charge in [-0.25, -0.2) is 10.9 Å². The molecule has 7 nitrogen and oxygen atoms in total. The second-order valence-electron chi connectivity index (χ2n) is 7.46. The number of carbonyl (C=O) groups is 1. The third kappa shape index (κ3) is 4.88. The largest absolute Gasteiger partial charge is 0.348 e. The van der Waals surface area contributed by atoms with Crippen LogP contribution in [0.5, 0.6) is 0 Å². The molecule has 0 bridgehead atoms. The molecule has 0 spiro atoms. The Kier molecular flexibility index (Phi) is 6.39. The van der Waals surface area contributed by atoms with Gasteiger partial charge in [0.25, 0.3) is 5.91 Å². The van der Waals surface area contributed by atoms with Crippen molar-refractivity contribution in [1.29, 1.82) is 0 Å². The molecule has 4 atom stereocenters. The predicted octanol–water partition coefficient (Wildman–Crippen LogP) is 1.37. The summed E-state index contributed by atoms with van der Waals surface area (Å²) in [6.45, 7) is 4.96. The molecule has 3 unspecified atom stereocenters. The fraction of sp³-hybridized carbons (Fsp3) is 0.667. The molecule has 2 fully saturated rings. The molecule has 1 aromatic heterocycles. The van der Waals surface area contributed by atoms with E-state index in [0.29, 0.717) is 16.9 Å². The van der Waals surface area contributed by atoms with Crippen LogP contribution in [-0.2, 0) is 0 Å². The van der Waals surface area contributed by atoms with Gasteiger partial charge in [0, 0.05) is 17.4 Å². The molecule has 0 radical (unpaired) electrons. The van der Waals surface area contributed by atoms with Crippen LogP contribution in [-0.4, -0.2) is 46.3 Å². The monoisotopic (exact) mass is 379 g/mol. The molecule has 26 heavy (non-hydrogen) atoms. The number of pyridine rings is 1. The van der Waals surface area contributed by atoms with Crippen molar-refractivity contribution >= 4 is 17.7 Å². The highest BCUT2D eigenvalue weighted by Crippen LogP contribution is 2.34. The zero-order valence-corrected chi connectivity index (χ0v) is 16.5. The smallest absolute Gasteiger partial charge is 0.268 e. The average Bonchev–Trinajstić information content (AvgIpc) is 2.99. The molecule has 4 N–H and O–H groups in total. The topological polar surface area (TPSA) is 89.3 Å². The quantitative estimate of drug-likeness (QED) is 0.618. The minimum Gasteiger partial charge on any atom is -0.348 e. The maximum absolute atomic E-state index is 12.5. The van der Waals surface area contributed by atoms with E-state index in [4.69, 9.17) is 0 Å². The van der Waals surface area contributed by atoms with Crippen LogP contribution in [0.25, 0.3) is 0 Å². The first-order chi connectivity index (χ1) is 12.4. The fourth-order valence-electron chi connectivity index (χ4n) is 3.75. The highest BCUT2D eigenvalue weighted by atomic mass is 32.2. The molecule has 1 saturated heterocycles. The summed E-state index contributed by atoms with van der Waals surface area (Å²) in [6, 6.07) is 3.39. The molecule has 2 aliphatic rings. The zero-order valence-electron chi connectivity index (χ0n) is 15.7. The number of thioether (sulfide) groups is 1. The molecule has 8 heteroatoms. The van der Waals surface area contributed by atoms with Gasteiger partial charge in [0.15, 0.2) is 0 Å². The van der Waals surface area contributed by atoms with Crippen molar-refractivity contribution in [3.63, 3.8) is 0 Å². The Labute approximate surface area is 158 Å². The molecular weight excluding hydrogens is 350 g/mol. The number of carbonyl (C=O) groups excluding carboxylic acids is 1. The highest BCUT2D eigenvalue weighted by Gasteiger charge is 2.31. The minimum atomic E-state index is -0.233. The summed E-state index contributed by atoms with van der Waals surface area (Å²) in [5.41, 5.74) is 7.65. The molecule has 1 aliphatic carbocycles. The molecule has 1 aliphatic heterocycles. The predicted molar refractivity (Wildman–Crippen MR) is 105 cm³/mol. The number of hydrogen-bond acceptors (Lipinski definition) is 6. The summed E-state index contributed by atoms with van der Waals surface area (Å²) in [6.07, 6.45) is 4.31. The minimum absolute atomic E-state index is 0.167. The van der Waals surface area contributed by atoms with E-state index in [1.807, 2.05) is 18.7 Å². The summed E-state index contributed by atoms with van der Waals surface area (Å²) >= 11 is 1.94. The summed E-state index contributed by atoms with van der Waals surface area (Å²) < 4.78 is 0. The Morgan fingerprint density at radius 2 is 2.19 bits per heavy atom. The zero-order chi connectivity index (χ0) is 18.7. The number of aromatic amines is 1. The van der Waals surface area contributed by atoms with Crippen LogP contribution in [0.3, 0.4) is 0 Å². The Balaban J connectivity index is 1.56. The van der Waals surface area contributed by atoms with Gasteiger partial charge in [-0.3, -0.25) is 14.5 Å². The number of aryl methyl sites for hydroxylation is 1. The van der Waals surface area contributed by atoms with Crippen LogP contribution in [0.2, 0.25) is 0 Å². The second kappa shape index (κ2) is 8.56. The van der Waals surface area contributed by atoms with Crippen molar-refractivity contribution in [2.45, 2.75) is 56.3 Å². The van der Waals surface area contributed by atoms with Gasteiger partial charge >= 0.3 is 0 Å². The Hall–Kier alpha value is -1.35. The van der Waals surface area contributed by atoms with Crippen LogP contribution in [0.1, 0.15) is 48.7 Å². The standard InChI is InChI=1S/C18H29N5O2S/c1-11-7-15(21-16(24)8-11)17(25)20-14-6-4-5-13(9-14)12(2)26-18-22-19-10-23(18)3/h7-8,12-14,18-19,22H,4-6,9-10H2,1-3H3,(H,20,25)(H,21,24)/t12-,13?,14?,18?/m0/s1. The van der Waals surface area contributed by atoms with Crippen LogP contribution < -0.4 is 21.7 Å². The van der Waals surface area contributed by atoms with Crippen molar-refractivity contribution in [2.75, 3.05) is 13.7 Å². The van der Waals surface area contributed by atoms with E-state index in [0.717, 1.165) is 31.5 Å². The van der Waals surface area contributed by atoms with Crippen molar-refractivity contribution in [3.8, 4) is 0 Å². The fourth-order valence-corrected chi connectivity index (χ4v) is 5.06. The molecule has 1 aromatic rings. The SMILES string of the molecule is Cc1cc(C(=O)NC2CCCC([C@H](C)SC3NNCN3C)C2)[nH]c(=O)c1. The summed E-state index contributed by atoms with van der Waals surface area (Å²) in [7, 11) is 2.10. The lowest BCUT2D eigenvalue weighted by Crippen LogP contribution is -2.41. The maximum Gasteiger partial charge on any atom is 0.268 e. The number of amides is 1. The van der Waals surface area contributed by atoms with Gasteiger partial charge in [0.05, 0.1) is 6.67 Å². The highest BCUT2D eigenvalue weighted by molar-refractivity contribution is 8.00. The summed E-state index contributed by atoms with van der Waals surface area (Å²) in [5, 5.41) is 3.63. The van der Waals surface area contributed by atoms with Gasteiger partial charge in [0.1, 0.15) is 11.2 Å². The number of nitrogens with one attached hydrogen (secondary N) is 4. The number of aromatic nitrogens is 1. The van der Waals surface area contributed by atoms with Gasteiger partial charge in [0.2, 0.25) is 5.56 Å². The third-order valence-electron chi connectivity index (χ3n) is 5.24. The average molecular weight is 380 g/mol. The van der Waals surface area contributed by atoms with Gasteiger partial charge < -0.3 is 10.3 Å². The Morgan fingerprint density at radius 3 is 2.88 bits per heavy atom. The van der Waals surface area contributed by atoms with E-state index in [2.05, 4.69) is 40.0 Å². The van der Waals surface area contributed by atoms with Gasteiger partial charge in [-0.2, -0.15) is 0 Å². The first kappa shape index (κ1) is 19.4. The van der Waals surface area contributed by atoms with Gasteiger partial charge in [-0.1, -0.05) is 13.3 Å². The Bertz CT molecular complexity index is 694. The van der Waals surface area contributed by atoms with Crippen LogP contribution in [0.4, 0.5) is 0 Å².